The van der Waals surface area contributed by atoms with Crippen molar-refractivity contribution in [1.82, 2.24) is 4.98 Å². The van der Waals surface area contributed by atoms with Crippen LogP contribution in [0.3, 0.4) is 0 Å². The van der Waals surface area contributed by atoms with Gasteiger partial charge in [0, 0.05) is 6.20 Å². The highest BCUT2D eigenvalue weighted by Gasteiger charge is 2.29. The Morgan fingerprint density at radius 1 is 1.43 bits per heavy atom. The van der Waals surface area contributed by atoms with Crippen molar-refractivity contribution in [2.75, 3.05) is 6.61 Å². The summed E-state index contributed by atoms with van der Waals surface area (Å²) in [6.45, 7) is -1.59. The van der Waals surface area contributed by atoms with Gasteiger partial charge in [-0.1, -0.05) is 6.07 Å². The van der Waals surface area contributed by atoms with Crippen LogP contribution >= 0.6 is 0 Å². The molecule has 1 rings (SSSR count). The Balaban J connectivity index is 2.52. The number of carbonyl (C=O) groups is 1. The van der Waals surface area contributed by atoms with Crippen LogP contribution in [-0.2, 0) is 4.74 Å². The Labute approximate surface area is 77.5 Å². The standard InChI is InChI=1S/C8H6F3NO2/c9-8(10,11)5-14-7(13)6-3-1-2-4-12-6/h1-4H,5H2. The highest BCUT2D eigenvalue weighted by Crippen LogP contribution is 2.15. The van der Waals surface area contributed by atoms with E-state index < -0.39 is 18.8 Å². The molecule has 14 heavy (non-hydrogen) atoms. The molecule has 0 radical (unpaired) electrons. The maximum absolute atomic E-state index is 11.6. The fraction of sp³-hybridized carbons (Fsp3) is 0.250. The SMILES string of the molecule is O=C(OCC(F)(F)F)c1ccccn1. The van der Waals surface area contributed by atoms with Crippen molar-refractivity contribution in [3.8, 4) is 0 Å². The summed E-state index contributed by atoms with van der Waals surface area (Å²) in [6.07, 6.45) is -3.21. The van der Waals surface area contributed by atoms with Crippen molar-refractivity contribution < 1.29 is 22.7 Å². The maximum atomic E-state index is 11.6. The van der Waals surface area contributed by atoms with Gasteiger partial charge in [-0.25, -0.2) is 9.78 Å². The van der Waals surface area contributed by atoms with Crippen molar-refractivity contribution in [2.24, 2.45) is 0 Å². The molecule has 0 saturated carbocycles. The quantitative estimate of drug-likeness (QED) is 0.691. The third-order valence-corrected chi connectivity index (χ3v) is 1.24. The van der Waals surface area contributed by atoms with E-state index in [1.54, 1.807) is 6.07 Å². The molecule has 3 nitrogen and oxygen atoms in total. The highest BCUT2D eigenvalue weighted by molar-refractivity contribution is 5.87. The zero-order valence-electron chi connectivity index (χ0n) is 6.91. The van der Waals surface area contributed by atoms with Gasteiger partial charge < -0.3 is 4.74 Å². The number of hydrogen-bond donors (Lipinski definition) is 0. The van der Waals surface area contributed by atoms with Gasteiger partial charge in [0.2, 0.25) is 0 Å². The lowest BCUT2D eigenvalue weighted by Gasteiger charge is -2.06. The second-order valence-electron chi connectivity index (χ2n) is 2.41. The topological polar surface area (TPSA) is 39.2 Å². The van der Waals surface area contributed by atoms with E-state index in [4.69, 9.17) is 0 Å². The average Bonchev–Trinajstić information content (AvgIpc) is 2.14. The van der Waals surface area contributed by atoms with Crippen LogP contribution in [0.15, 0.2) is 24.4 Å². The number of esters is 1. The summed E-state index contributed by atoms with van der Waals surface area (Å²) in [6, 6.07) is 4.30. The molecule has 0 aliphatic heterocycles. The molecule has 0 unspecified atom stereocenters. The molecule has 0 aromatic carbocycles. The van der Waals surface area contributed by atoms with Crippen molar-refractivity contribution in [2.45, 2.75) is 6.18 Å². The number of nitrogens with zero attached hydrogens (tertiary/aromatic N) is 1. The largest absolute Gasteiger partial charge is 0.451 e. The van der Waals surface area contributed by atoms with Crippen LogP contribution in [0.2, 0.25) is 0 Å². The highest BCUT2D eigenvalue weighted by atomic mass is 19.4. The first-order valence-corrected chi connectivity index (χ1v) is 3.64. The van der Waals surface area contributed by atoms with Gasteiger partial charge in [0.1, 0.15) is 5.69 Å². The molecule has 0 aliphatic rings. The van der Waals surface area contributed by atoms with E-state index in [0.29, 0.717) is 0 Å². The Hall–Kier alpha value is -1.59. The van der Waals surface area contributed by atoms with E-state index in [9.17, 15) is 18.0 Å². The van der Waals surface area contributed by atoms with Crippen molar-refractivity contribution in [3.05, 3.63) is 30.1 Å². The van der Waals surface area contributed by atoms with E-state index in [-0.39, 0.29) is 5.69 Å². The maximum Gasteiger partial charge on any atom is 0.422 e. The number of ether oxygens (including phenoxy) is 1. The van der Waals surface area contributed by atoms with E-state index in [0.717, 1.165) is 0 Å². The molecule has 0 N–H and O–H groups in total. The molecular weight excluding hydrogens is 199 g/mol. The molecular formula is C8H6F3NO2. The molecule has 0 amide bonds. The van der Waals surface area contributed by atoms with Crippen molar-refractivity contribution >= 4 is 5.97 Å². The van der Waals surface area contributed by atoms with Gasteiger partial charge in [-0.3, -0.25) is 0 Å². The van der Waals surface area contributed by atoms with Crippen molar-refractivity contribution in [3.63, 3.8) is 0 Å². The first kappa shape index (κ1) is 10.5. The van der Waals surface area contributed by atoms with Crippen LogP contribution in [-0.4, -0.2) is 23.7 Å². The lowest BCUT2D eigenvalue weighted by atomic mass is 10.3. The Bertz CT molecular complexity index is 310. The Morgan fingerprint density at radius 2 is 2.14 bits per heavy atom. The molecule has 76 valence electrons. The van der Waals surface area contributed by atoms with E-state index >= 15 is 0 Å². The molecule has 6 heteroatoms. The van der Waals surface area contributed by atoms with Gasteiger partial charge in [-0.15, -0.1) is 0 Å². The van der Waals surface area contributed by atoms with Crippen LogP contribution < -0.4 is 0 Å². The van der Waals surface area contributed by atoms with Crippen LogP contribution in [0, 0.1) is 0 Å². The zero-order valence-corrected chi connectivity index (χ0v) is 6.91. The lowest BCUT2D eigenvalue weighted by molar-refractivity contribution is -0.161. The van der Waals surface area contributed by atoms with Crippen LogP contribution in [0.5, 0.6) is 0 Å². The van der Waals surface area contributed by atoms with E-state index in [1.807, 2.05) is 0 Å². The third kappa shape index (κ3) is 3.42. The summed E-state index contributed by atoms with van der Waals surface area (Å²) < 4.78 is 38.9. The van der Waals surface area contributed by atoms with Gasteiger partial charge in [-0.2, -0.15) is 13.2 Å². The molecule has 0 fully saturated rings. The summed E-state index contributed by atoms with van der Waals surface area (Å²) in [5, 5.41) is 0. The predicted molar refractivity (Wildman–Crippen MR) is 40.6 cm³/mol. The average molecular weight is 205 g/mol. The minimum absolute atomic E-state index is 0.142. The van der Waals surface area contributed by atoms with Crippen LogP contribution in [0.1, 0.15) is 10.5 Å². The molecule has 1 aromatic heterocycles. The number of pyridine rings is 1. The first-order valence-electron chi connectivity index (χ1n) is 3.64. The van der Waals surface area contributed by atoms with Gasteiger partial charge in [0.25, 0.3) is 0 Å². The number of hydrogen-bond acceptors (Lipinski definition) is 3. The normalized spacial score (nSPS) is 11.1. The number of carbonyl (C=O) groups excluding carboxylic acids is 1. The Kier molecular flexibility index (Phi) is 3.06. The second-order valence-corrected chi connectivity index (χ2v) is 2.41. The second kappa shape index (κ2) is 4.08. The zero-order chi connectivity index (χ0) is 10.6. The van der Waals surface area contributed by atoms with Gasteiger partial charge in [0.05, 0.1) is 0 Å². The predicted octanol–water partition coefficient (Wildman–Crippen LogP) is 1.80. The summed E-state index contributed by atoms with van der Waals surface area (Å²) >= 11 is 0. The summed E-state index contributed by atoms with van der Waals surface area (Å²) in [5.41, 5.74) is -0.142. The smallest absolute Gasteiger partial charge is 0.422 e. The molecule has 1 aromatic rings. The van der Waals surface area contributed by atoms with E-state index in [2.05, 4.69) is 9.72 Å². The molecule has 0 bridgehead atoms. The van der Waals surface area contributed by atoms with Gasteiger partial charge >= 0.3 is 12.1 Å². The van der Waals surface area contributed by atoms with E-state index in [1.165, 1.54) is 18.3 Å². The lowest BCUT2D eigenvalue weighted by Crippen LogP contribution is -2.20. The molecule has 1 heterocycles. The minimum atomic E-state index is -4.51. The number of aromatic nitrogens is 1. The van der Waals surface area contributed by atoms with Crippen molar-refractivity contribution in [1.29, 1.82) is 0 Å². The third-order valence-electron chi connectivity index (χ3n) is 1.24. The molecule has 0 saturated heterocycles. The number of halogens is 3. The summed E-state index contributed by atoms with van der Waals surface area (Å²) in [5.74, 6) is -1.08. The van der Waals surface area contributed by atoms with Gasteiger partial charge in [0.15, 0.2) is 6.61 Å². The Morgan fingerprint density at radius 3 is 2.64 bits per heavy atom. The summed E-state index contributed by atoms with van der Waals surface area (Å²) in [4.78, 5) is 14.4. The summed E-state index contributed by atoms with van der Waals surface area (Å²) in [7, 11) is 0. The minimum Gasteiger partial charge on any atom is -0.451 e. The van der Waals surface area contributed by atoms with Crippen LogP contribution in [0.4, 0.5) is 13.2 Å². The molecule has 0 aliphatic carbocycles. The monoisotopic (exact) mass is 205 g/mol. The molecule has 0 atom stereocenters. The fourth-order valence-corrected chi connectivity index (χ4v) is 0.705. The number of rotatable bonds is 2. The fourth-order valence-electron chi connectivity index (χ4n) is 0.705. The first-order chi connectivity index (χ1) is 6.49. The molecule has 0 spiro atoms. The van der Waals surface area contributed by atoms with Gasteiger partial charge in [-0.05, 0) is 12.1 Å². The number of alkyl halides is 3. The van der Waals surface area contributed by atoms with Crippen LogP contribution in [0.25, 0.3) is 0 Å².